The SMILES string of the molecule is CN(C)CCCc1c(F)ccc(Br)c1F. The summed E-state index contributed by atoms with van der Waals surface area (Å²) in [6.45, 7) is 0.825. The van der Waals surface area contributed by atoms with Crippen molar-refractivity contribution in [2.45, 2.75) is 12.8 Å². The van der Waals surface area contributed by atoms with Gasteiger partial charge in [-0.05, 0) is 61.5 Å². The lowest BCUT2D eigenvalue weighted by atomic mass is 10.1. The van der Waals surface area contributed by atoms with Gasteiger partial charge < -0.3 is 4.90 Å². The Balaban J connectivity index is 2.71. The maximum absolute atomic E-state index is 13.5. The number of rotatable bonds is 4. The van der Waals surface area contributed by atoms with Crippen molar-refractivity contribution in [3.05, 3.63) is 33.8 Å². The highest BCUT2D eigenvalue weighted by atomic mass is 79.9. The minimum absolute atomic E-state index is 0.172. The molecule has 0 spiro atoms. The van der Waals surface area contributed by atoms with Gasteiger partial charge in [-0.1, -0.05) is 0 Å². The molecule has 0 saturated heterocycles. The van der Waals surface area contributed by atoms with Crippen LogP contribution in [0.4, 0.5) is 8.78 Å². The van der Waals surface area contributed by atoms with Crippen molar-refractivity contribution in [2.24, 2.45) is 0 Å². The van der Waals surface area contributed by atoms with E-state index in [1.165, 1.54) is 12.1 Å². The molecule has 0 radical (unpaired) electrons. The molecule has 1 aromatic rings. The van der Waals surface area contributed by atoms with Gasteiger partial charge in [0.2, 0.25) is 0 Å². The first-order chi connectivity index (χ1) is 7.02. The molecule has 0 aliphatic rings. The highest BCUT2D eigenvalue weighted by molar-refractivity contribution is 9.10. The summed E-state index contributed by atoms with van der Waals surface area (Å²) < 4.78 is 27.1. The van der Waals surface area contributed by atoms with Crippen LogP contribution in [0.3, 0.4) is 0 Å². The van der Waals surface area contributed by atoms with E-state index < -0.39 is 11.6 Å². The minimum Gasteiger partial charge on any atom is -0.309 e. The molecule has 0 aromatic heterocycles. The molecule has 0 unspecified atom stereocenters. The maximum Gasteiger partial charge on any atom is 0.143 e. The molecule has 0 aliphatic carbocycles. The Bertz CT molecular complexity index is 340. The first-order valence-corrected chi connectivity index (χ1v) is 5.58. The third-order valence-electron chi connectivity index (χ3n) is 2.17. The van der Waals surface area contributed by atoms with Gasteiger partial charge in [-0.2, -0.15) is 0 Å². The van der Waals surface area contributed by atoms with E-state index in [9.17, 15) is 8.78 Å². The van der Waals surface area contributed by atoms with Crippen LogP contribution < -0.4 is 0 Å². The van der Waals surface area contributed by atoms with E-state index in [4.69, 9.17) is 0 Å². The molecule has 0 heterocycles. The molecule has 0 aliphatic heterocycles. The Labute approximate surface area is 97.2 Å². The second kappa shape index (κ2) is 5.56. The summed E-state index contributed by atoms with van der Waals surface area (Å²) in [6.07, 6.45) is 1.17. The average Bonchev–Trinajstić information content (AvgIpc) is 2.17. The van der Waals surface area contributed by atoms with Crippen LogP contribution in [0.5, 0.6) is 0 Å². The second-order valence-corrected chi connectivity index (χ2v) is 4.58. The summed E-state index contributed by atoms with van der Waals surface area (Å²) in [6, 6.07) is 2.68. The van der Waals surface area contributed by atoms with E-state index in [1.807, 2.05) is 19.0 Å². The maximum atomic E-state index is 13.5. The molecule has 0 saturated carbocycles. The van der Waals surface area contributed by atoms with E-state index in [-0.39, 0.29) is 5.56 Å². The Morgan fingerprint density at radius 1 is 1.27 bits per heavy atom. The first kappa shape index (κ1) is 12.6. The summed E-state index contributed by atoms with van der Waals surface area (Å²) in [5.41, 5.74) is 0.172. The fourth-order valence-electron chi connectivity index (χ4n) is 1.37. The molecule has 0 N–H and O–H groups in total. The van der Waals surface area contributed by atoms with Crippen molar-refractivity contribution < 1.29 is 8.78 Å². The number of hydrogen-bond acceptors (Lipinski definition) is 1. The Kier molecular flexibility index (Phi) is 4.67. The van der Waals surface area contributed by atoms with Gasteiger partial charge in [0.25, 0.3) is 0 Å². The lowest BCUT2D eigenvalue weighted by Gasteiger charge is -2.10. The van der Waals surface area contributed by atoms with Crippen LogP contribution in [0.25, 0.3) is 0 Å². The molecule has 0 amide bonds. The molecular weight excluding hydrogens is 264 g/mol. The van der Waals surface area contributed by atoms with Crippen molar-refractivity contribution in [1.82, 2.24) is 4.90 Å². The first-order valence-electron chi connectivity index (χ1n) is 4.79. The monoisotopic (exact) mass is 277 g/mol. The zero-order chi connectivity index (χ0) is 11.4. The normalized spacial score (nSPS) is 11.1. The number of nitrogens with zero attached hydrogens (tertiary/aromatic N) is 1. The van der Waals surface area contributed by atoms with Gasteiger partial charge in [-0.3, -0.25) is 0 Å². The number of hydrogen-bond donors (Lipinski definition) is 0. The van der Waals surface area contributed by atoms with Crippen molar-refractivity contribution >= 4 is 15.9 Å². The van der Waals surface area contributed by atoms with Crippen LogP contribution in [-0.2, 0) is 6.42 Å². The average molecular weight is 278 g/mol. The number of halogens is 3. The van der Waals surface area contributed by atoms with Crippen molar-refractivity contribution in [3.8, 4) is 0 Å². The number of benzene rings is 1. The predicted octanol–water partition coefficient (Wildman–Crippen LogP) is 3.22. The second-order valence-electron chi connectivity index (χ2n) is 3.73. The highest BCUT2D eigenvalue weighted by Gasteiger charge is 2.11. The summed E-state index contributed by atoms with van der Waals surface area (Å²) in [5, 5.41) is 0. The molecule has 0 bridgehead atoms. The molecule has 0 fully saturated rings. The lowest BCUT2D eigenvalue weighted by Crippen LogP contribution is -2.14. The molecule has 1 rings (SSSR count). The zero-order valence-electron chi connectivity index (χ0n) is 8.86. The Morgan fingerprint density at radius 2 is 1.93 bits per heavy atom. The third-order valence-corrected chi connectivity index (χ3v) is 2.78. The largest absolute Gasteiger partial charge is 0.309 e. The molecule has 15 heavy (non-hydrogen) atoms. The summed E-state index contributed by atoms with van der Waals surface area (Å²) in [7, 11) is 3.88. The van der Waals surface area contributed by atoms with E-state index in [0.29, 0.717) is 10.9 Å². The van der Waals surface area contributed by atoms with Crippen LogP contribution in [0.15, 0.2) is 16.6 Å². The molecule has 0 atom stereocenters. The Hall–Kier alpha value is -0.480. The topological polar surface area (TPSA) is 3.24 Å². The fraction of sp³-hybridized carbons (Fsp3) is 0.455. The van der Waals surface area contributed by atoms with E-state index in [2.05, 4.69) is 15.9 Å². The van der Waals surface area contributed by atoms with Gasteiger partial charge in [0.1, 0.15) is 11.6 Å². The smallest absolute Gasteiger partial charge is 0.143 e. The van der Waals surface area contributed by atoms with Gasteiger partial charge in [-0.15, -0.1) is 0 Å². The summed E-state index contributed by atoms with van der Waals surface area (Å²) in [5.74, 6) is -0.941. The van der Waals surface area contributed by atoms with Gasteiger partial charge in [0.05, 0.1) is 4.47 Å². The van der Waals surface area contributed by atoms with E-state index in [1.54, 1.807) is 0 Å². The molecule has 4 heteroatoms. The van der Waals surface area contributed by atoms with Crippen LogP contribution in [0.1, 0.15) is 12.0 Å². The molecule has 84 valence electrons. The van der Waals surface area contributed by atoms with Gasteiger partial charge in [0, 0.05) is 5.56 Å². The Morgan fingerprint density at radius 3 is 2.53 bits per heavy atom. The van der Waals surface area contributed by atoms with E-state index >= 15 is 0 Å². The van der Waals surface area contributed by atoms with E-state index in [0.717, 1.165) is 13.0 Å². The van der Waals surface area contributed by atoms with Crippen LogP contribution in [-0.4, -0.2) is 25.5 Å². The zero-order valence-corrected chi connectivity index (χ0v) is 10.4. The predicted molar refractivity (Wildman–Crippen MR) is 60.9 cm³/mol. The van der Waals surface area contributed by atoms with Crippen molar-refractivity contribution in [1.29, 1.82) is 0 Å². The highest BCUT2D eigenvalue weighted by Crippen LogP contribution is 2.22. The van der Waals surface area contributed by atoms with Gasteiger partial charge in [-0.25, -0.2) is 8.78 Å². The summed E-state index contributed by atoms with van der Waals surface area (Å²) >= 11 is 3.05. The van der Waals surface area contributed by atoms with Crippen molar-refractivity contribution in [2.75, 3.05) is 20.6 Å². The van der Waals surface area contributed by atoms with Crippen LogP contribution in [0.2, 0.25) is 0 Å². The summed E-state index contributed by atoms with van der Waals surface area (Å²) in [4.78, 5) is 1.99. The van der Waals surface area contributed by atoms with Gasteiger partial charge >= 0.3 is 0 Å². The molecular formula is C11H14BrF2N. The van der Waals surface area contributed by atoms with Gasteiger partial charge in [0.15, 0.2) is 0 Å². The quantitative estimate of drug-likeness (QED) is 0.764. The third kappa shape index (κ3) is 3.54. The molecule has 1 nitrogen and oxygen atoms in total. The van der Waals surface area contributed by atoms with Crippen LogP contribution in [0, 0.1) is 11.6 Å². The van der Waals surface area contributed by atoms with Crippen molar-refractivity contribution in [3.63, 3.8) is 0 Å². The minimum atomic E-state index is -0.478. The standard InChI is InChI=1S/C11H14BrF2N/c1-15(2)7-3-4-8-10(13)6-5-9(12)11(8)14/h5-6H,3-4,7H2,1-2H3. The van der Waals surface area contributed by atoms with Crippen LogP contribution >= 0.6 is 15.9 Å². The fourth-order valence-corrected chi connectivity index (χ4v) is 1.74. The molecule has 1 aromatic carbocycles. The lowest BCUT2D eigenvalue weighted by molar-refractivity contribution is 0.396.